The van der Waals surface area contributed by atoms with Crippen molar-refractivity contribution in [1.29, 1.82) is 0 Å². The van der Waals surface area contributed by atoms with Crippen molar-refractivity contribution in [2.45, 2.75) is 6.42 Å². The number of ether oxygens (including phenoxy) is 1. The Balaban J connectivity index is 1.56. The van der Waals surface area contributed by atoms with Crippen LogP contribution >= 0.6 is 0 Å². The molecule has 0 fully saturated rings. The minimum atomic E-state index is -0.632. The van der Waals surface area contributed by atoms with Gasteiger partial charge in [-0.15, -0.1) is 0 Å². The van der Waals surface area contributed by atoms with Gasteiger partial charge in [0.25, 0.3) is 0 Å². The van der Waals surface area contributed by atoms with Gasteiger partial charge in [-0.05, 0) is 30.3 Å². The number of hydrogen-bond acceptors (Lipinski definition) is 8. The number of rotatable bonds is 6. The first kappa shape index (κ1) is 19.1. The predicted molar refractivity (Wildman–Crippen MR) is 108 cm³/mol. The molecule has 0 aliphatic rings. The Morgan fingerprint density at radius 3 is 2.83 bits per heavy atom. The Morgan fingerprint density at radius 1 is 1.20 bits per heavy atom. The Hall–Kier alpha value is -4.21. The number of H-pyrrole nitrogens is 1. The van der Waals surface area contributed by atoms with Gasteiger partial charge in [-0.2, -0.15) is 10.1 Å². The smallest absolute Gasteiger partial charge is 0.311 e. The summed E-state index contributed by atoms with van der Waals surface area (Å²) < 4.78 is 18.9. The third-order valence-electron chi connectivity index (χ3n) is 4.29. The molecule has 4 aromatic rings. The van der Waals surface area contributed by atoms with Gasteiger partial charge < -0.3 is 20.5 Å². The first-order chi connectivity index (χ1) is 14.5. The van der Waals surface area contributed by atoms with Crippen LogP contribution in [0.15, 0.2) is 48.7 Å². The summed E-state index contributed by atoms with van der Waals surface area (Å²) in [5.74, 6) is -0.804. The summed E-state index contributed by atoms with van der Waals surface area (Å²) in [5, 5.41) is 23.1. The SMILES string of the molecule is COC(=O)Cc1n[nH]c2cc(Nc3nc(Nc4cccc(O)c4)ncc3F)ccc12. The highest BCUT2D eigenvalue weighted by molar-refractivity contribution is 5.88. The van der Waals surface area contributed by atoms with E-state index < -0.39 is 5.82 Å². The van der Waals surface area contributed by atoms with Gasteiger partial charge in [0.2, 0.25) is 5.95 Å². The number of anilines is 4. The second-order valence-corrected chi connectivity index (χ2v) is 6.37. The fourth-order valence-corrected chi connectivity index (χ4v) is 2.86. The number of phenols is 1. The zero-order valence-electron chi connectivity index (χ0n) is 15.8. The summed E-state index contributed by atoms with van der Waals surface area (Å²) in [4.78, 5) is 19.6. The van der Waals surface area contributed by atoms with Gasteiger partial charge >= 0.3 is 5.97 Å². The molecule has 9 nitrogen and oxygen atoms in total. The van der Waals surface area contributed by atoms with E-state index in [1.165, 1.54) is 19.2 Å². The molecule has 4 N–H and O–H groups in total. The topological polar surface area (TPSA) is 125 Å². The normalized spacial score (nSPS) is 10.7. The Morgan fingerprint density at radius 2 is 2.03 bits per heavy atom. The number of aromatic amines is 1. The monoisotopic (exact) mass is 408 g/mol. The molecule has 0 atom stereocenters. The molecule has 0 spiro atoms. The van der Waals surface area contributed by atoms with Crippen LogP contribution in [0.5, 0.6) is 5.75 Å². The lowest BCUT2D eigenvalue weighted by molar-refractivity contribution is -0.139. The molecule has 0 bridgehead atoms. The van der Waals surface area contributed by atoms with Crippen LogP contribution in [0.1, 0.15) is 5.69 Å². The van der Waals surface area contributed by atoms with Crippen molar-refractivity contribution in [3.63, 3.8) is 0 Å². The summed E-state index contributed by atoms with van der Waals surface area (Å²) in [6.45, 7) is 0. The van der Waals surface area contributed by atoms with Crippen molar-refractivity contribution < 1.29 is 19.0 Å². The molecule has 30 heavy (non-hydrogen) atoms. The van der Waals surface area contributed by atoms with Crippen LogP contribution < -0.4 is 10.6 Å². The Labute approximate surface area is 169 Å². The lowest BCUT2D eigenvalue weighted by atomic mass is 10.1. The van der Waals surface area contributed by atoms with Gasteiger partial charge in [-0.3, -0.25) is 9.89 Å². The highest BCUT2D eigenvalue weighted by Gasteiger charge is 2.13. The van der Waals surface area contributed by atoms with E-state index in [9.17, 15) is 14.3 Å². The number of nitrogens with one attached hydrogen (secondary N) is 3. The van der Waals surface area contributed by atoms with Crippen molar-refractivity contribution in [3.8, 4) is 5.75 Å². The number of nitrogens with zero attached hydrogens (tertiary/aromatic N) is 3. The first-order valence-electron chi connectivity index (χ1n) is 8.91. The number of carbonyl (C=O) groups excluding carboxylic acids is 1. The molecular formula is C20H17FN6O3. The second kappa shape index (κ2) is 8.03. The second-order valence-electron chi connectivity index (χ2n) is 6.37. The minimum absolute atomic E-state index is 0.0266. The molecular weight excluding hydrogens is 391 g/mol. The zero-order valence-corrected chi connectivity index (χ0v) is 15.8. The van der Waals surface area contributed by atoms with Crippen LogP contribution in [0.4, 0.5) is 27.5 Å². The standard InChI is InChI=1S/C20H17FN6O3/c1-30-18(29)9-17-14-6-5-12(8-16(14)26-27-17)23-19-15(21)10-22-20(25-19)24-11-3-2-4-13(28)7-11/h2-8,10,28H,9H2,1H3,(H,26,27)(H2,22,23,24,25). The summed E-state index contributed by atoms with van der Waals surface area (Å²) >= 11 is 0. The number of methoxy groups -OCH3 is 1. The maximum absolute atomic E-state index is 14.2. The molecule has 0 aliphatic heterocycles. The molecule has 0 radical (unpaired) electrons. The average molecular weight is 408 g/mol. The fourth-order valence-electron chi connectivity index (χ4n) is 2.86. The highest BCUT2D eigenvalue weighted by atomic mass is 19.1. The van der Waals surface area contributed by atoms with Gasteiger partial charge in [0.15, 0.2) is 11.6 Å². The maximum atomic E-state index is 14.2. The maximum Gasteiger partial charge on any atom is 0.311 e. The molecule has 152 valence electrons. The van der Waals surface area contributed by atoms with Crippen molar-refractivity contribution >= 4 is 40.0 Å². The lowest BCUT2D eigenvalue weighted by Gasteiger charge is -2.10. The van der Waals surface area contributed by atoms with E-state index in [0.717, 1.165) is 11.6 Å². The van der Waals surface area contributed by atoms with Gasteiger partial charge in [0.05, 0.1) is 30.9 Å². The Kier molecular flexibility index (Phi) is 5.12. The van der Waals surface area contributed by atoms with E-state index >= 15 is 0 Å². The van der Waals surface area contributed by atoms with Gasteiger partial charge in [0, 0.05) is 22.8 Å². The highest BCUT2D eigenvalue weighted by Crippen LogP contribution is 2.25. The predicted octanol–water partition coefficient (Wildman–Crippen LogP) is 3.40. The molecule has 4 rings (SSSR count). The molecule has 0 saturated carbocycles. The number of esters is 1. The van der Waals surface area contributed by atoms with Crippen molar-refractivity contribution in [2.75, 3.05) is 17.7 Å². The molecule has 2 aromatic heterocycles. The number of benzene rings is 2. The molecule has 2 aromatic carbocycles. The fraction of sp³-hybridized carbons (Fsp3) is 0.100. The third-order valence-corrected chi connectivity index (χ3v) is 4.29. The van der Waals surface area contributed by atoms with E-state index in [4.69, 9.17) is 0 Å². The molecule has 0 unspecified atom stereocenters. The molecule has 10 heteroatoms. The van der Waals surface area contributed by atoms with Gasteiger partial charge in [-0.25, -0.2) is 9.37 Å². The molecule has 2 heterocycles. The summed E-state index contributed by atoms with van der Waals surface area (Å²) in [6, 6.07) is 11.6. The summed E-state index contributed by atoms with van der Waals surface area (Å²) in [7, 11) is 1.32. The molecule has 0 saturated heterocycles. The van der Waals surface area contributed by atoms with Crippen LogP contribution in [0, 0.1) is 5.82 Å². The third kappa shape index (κ3) is 4.12. The minimum Gasteiger partial charge on any atom is -0.508 e. The van der Waals surface area contributed by atoms with Crippen molar-refractivity contribution in [3.05, 3.63) is 60.2 Å². The number of aromatic nitrogens is 4. The summed E-state index contributed by atoms with van der Waals surface area (Å²) in [6.07, 6.45) is 1.09. The number of hydrogen-bond donors (Lipinski definition) is 4. The number of carbonyl (C=O) groups is 1. The van der Waals surface area contributed by atoms with Crippen LogP contribution in [-0.2, 0) is 16.0 Å². The van der Waals surface area contributed by atoms with Crippen LogP contribution in [0.2, 0.25) is 0 Å². The first-order valence-corrected chi connectivity index (χ1v) is 8.91. The van der Waals surface area contributed by atoms with E-state index in [1.54, 1.807) is 30.3 Å². The average Bonchev–Trinajstić information content (AvgIpc) is 3.12. The van der Waals surface area contributed by atoms with Crippen LogP contribution in [0.3, 0.4) is 0 Å². The number of fused-ring (bicyclic) bond motifs is 1. The number of aromatic hydroxyl groups is 1. The van der Waals surface area contributed by atoms with E-state index in [2.05, 4.69) is 35.5 Å². The van der Waals surface area contributed by atoms with Crippen LogP contribution in [0.25, 0.3) is 10.9 Å². The Bertz CT molecular complexity index is 1230. The molecule has 0 aliphatic carbocycles. The van der Waals surface area contributed by atoms with Gasteiger partial charge in [-0.1, -0.05) is 6.07 Å². The van der Waals surface area contributed by atoms with E-state index in [0.29, 0.717) is 22.6 Å². The van der Waals surface area contributed by atoms with E-state index in [1.807, 2.05) is 0 Å². The lowest BCUT2D eigenvalue weighted by Crippen LogP contribution is -2.05. The van der Waals surface area contributed by atoms with Gasteiger partial charge in [0.1, 0.15) is 5.75 Å². The zero-order chi connectivity index (χ0) is 21.1. The summed E-state index contributed by atoms with van der Waals surface area (Å²) in [5.41, 5.74) is 2.36. The van der Waals surface area contributed by atoms with E-state index in [-0.39, 0.29) is 29.9 Å². The number of halogens is 1. The van der Waals surface area contributed by atoms with Crippen molar-refractivity contribution in [1.82, 2.24) is 20.2 Å². The molecule has 0 amide bonds. The van der Waals surface area contributed by atoms with Crippen molar-refractivity contribution in [2.24, 2.45) is 0 Å². The quantitative estimate of drug-likeness (QED) is 0.358. The largest absolute Gasteiger partial charge is 0.508 e. The van der Waals surface area contributed by atoms with Crippen LogP contribution in [-0.4, -0.2) is 38.4 Å². The number of phenolic OH excluding ortho intramolecular Hbond substituents is 1.